The molecular formula is C17H29NO. The predicted molar refractivity (Wildman–Crippen MR) is 82.6 cm³/mol. The summed E-state index contributed by atoms with van der Waals surface area (Å²) in [5, 5.41) is 3.59. The van der Waals surface area contributed by atoms with Gasteiger partial charge >= 0.3 is 0 Å². The lowest BCUT2D eigenvalue weighted by molar-refractivity contribution is -0.0117. The Morgan fingerprint density at radius 1 is 1.21 bits per heavy atom. The van der Waals surface area contributed by atoms with E-state index in [1.54, 1.807) is 0 Å². The summed E-state index contributed by atoms with van der Waals surface area (Å²) < 4.78 is 5.81. The number of benzene rings is 1. The Morgan fingerprint density at radius 3 is 2.26 bits per heavy atom. The van der Waals surface area contributed by atoms with Crippen molar-refractivity contribution in [3.05, 3.63) is 34.9 Å². The van der Waals surface area contributed by atoms with Crippen LogP contribution in [0.5, 0.6) is 0 Å². The van der Waals surface area contributed by atoms with Crippen molar-refractivity contribution in [3.63, 3.8) is 0 Å². The van der Waals surface area contributed by atoms with E-state index < -0.39 is 0 Å². The molecule has 1 rings (SSSR count). The number of ether oxygens (including phenoxy) is 1. The molecule has 2 unspecified atom stereocenters. The van der Waals surface area contributed by atoms with E-state index in [4.69, 9.17) is 4.74 Å². The van der Waals surface area contributed by atoms with Gasteiger partial charge in [-0.2, -0.15) is 0 Å². The molecule has 0 spiro atoms. The van der Waals surface area contributed by atoms with Crippen LogP contribution in [0.4, 0.5) is 0 Å². The zero-order valence-electron chi connectivity index (χ0n) is 13.5. The molecule has 0 aliphatic heterocycles. The highest BCUT2D eigenvalue weighted by Crippen LogP contribution is 2.33. The molecular weight excluding hydrogens is 234 g/mol. The van der Waals surface area contributed by atoms with E-state index in [1.807, 2.05) is 7.11 Å². The van der Waals surface area contributed by atoms with Crippen LogP contribution in [-0.4, -0.2) is 19.8 Å². The molecule has 2 nitrogen and oxygen atoms in total. The smallest absolute Gasteiger partial charge is 0.0814 e. The van der Waals surface area contributed by atoms with E-state index in [2.05, 4.69) is 65.1 Å². The van der Waals surface area contributed by atoms with Gasteiger partial charge in [-0.3, -0.25) is 0 Å². The monoisotopic (exact) mass is 263 g/mol. The molecule has 1 aromatic rings. The van der Waals surface area contributed by atoms with Crippen molar-refractivity contribution in [2.75, 3.05) is 13.7 Å². The molecule has 0 bridgehead atoms. The van der Waals surface area contributed by atoms with Crippen LogP contribution in [0.2, 0.25) is 0 Å². The van der Waals surface area contributed by atoms with Crippen LogP contribution < -0.4 is 5.32 Å². The minimum absolute atomic E-state index is 0.0961. The summed E-state index contributed by atoms with van der Waals surface area (Å²) in [5.74, 6) is 0. The van der Waals surface area contributed by atoms with Crippen molar-refractivity contribution in [1.82, 2.24) is 5.32 Å². The number of hydrogen-bond acceptors (Lipinski definition) is 2. The third-order valence-corrected chi connectivity index (χ3v) is 3.59. The second-order valence-corrected chi connectivity index (χ2v) is 6.42. The highest BCUT2D eigenvalue weighted by Gasteiger charge is 2.33. The molecule has 0 aromatic heterocycles. The fourth-order valence-corrected chi connectivity index (χ4v) is 2.76. The van der Waals surface area contributed by atoms with Crippen LogP contribution in [0.1, 0.15) is 50.4 Å². The van der Waals surface area contributed by atoms with Crippen LogP contribution in [0.3, 0.4) is 0 Å². The van der Waals surface area contributed by atoms with E-state index >= 15 is 0 Å². The largest absolute Gasteiger partial charge is 0.379 e. The van der Waals surface area contributed by atoms with Gasteiger partial charge in [-0.25, -0.2) is 0 Å². The maximum atomic E-state index is 5.81. The Balaban J connectivity index is 3.18. The topological polar surface area (TPSA) is 21.3 Å². The first-order valence-corrected chi connectivity index (χ1v) is 7.14. The number of rotatable bonds is 5. The van der Waals surface area contributed by atoms with Crippen LogP contribution >= 0.6 is 0 Å². The standard InChI is InChI=1S/C17H29NO/c1-8-18-15(16(19-7)17(4,5)6)14-10-9-12(2)11-13(14)3/h9-11,15-16,18H,8H2,1-7H3. The van der Waals surface area contributed by atoms with Crippen molar-refractivity contribution in [2.24, 2.45) is 5.41 Å². The third kappa shape index (κ3) is 4.05. The van der Waals surface area contributed by atoms with Crippen LogP contribution in [0.15, 0.2) is 18.2 Å². The Kier molecular flexibility index (Phi) is 5.57. The third-order valence-electron chi connectivity index (χ3n) is 3.59. The van der Waals surface area contributed by atoms with E-state index in [9.17, 15) is 0 Å². The highest BCUT2D eigenvalue weighted by molar-refractivity contribution is 5.33. The zero-order chi connectivity index (χ0) is 14.6. The van der Waals surface area contributed by atoms with Crippen molar-refractivity contribution < 1.29 is 4.74 Å². The van der Waals surface area contributed by atoms with E-state index in [0.717, 1.165) is 6.54 Å². The summed E-state index contributed by atoms with van der Waals surface area (Å²) >= 11 is 0. The SMILES string of the molecule is CCNC(c1ccc(C)cc1C)C(OC)C(C)(C)C. The zero-order valence-corrected chi connectivity index (χ0v) is 13.5. The number of nitrogens with one attached hydrogen (secondary N) is 1. The Morgan fingerprint density at radius 2 is 1.84 bits per heavy atom. The van der Waals surface area contributed by atoms with Gasteiger partial charge in [0, 0.05) is 7.11 Å². The Bertz CT molecular complexity index is 406. The second-order valence-electron chi connectivity index (χ2n) is 6.42. The Hall–Kier alpha value is -0.860. The predicted octanol–water partition coefficient (Wildman–Crippen LogP) is 4.02. The molecule has 2 heteroatoms. The molecule has 108 valence electrons. The lowest BCUT2D eigenvalue weighted by Crippen LogP contribution is -2.41. The molecule has 0 fully saturated rings. The van der Waals surface area contributed by atoms with Gasteiger partial charge in [-0.05, 0) is 36.9 Å². The minimum Gasteiger partial charge on any atom is -0.379 e. The molecule has 19 heavy (non-hydrogen) atoms. The summed E-state index contributed by atoms with van der Waals surface area (Å²) in [4.78, 5) is 0. The summed E-state index contributed by atoms with van der Waals surface area (Å²) in [6.45, 7) is 14.1. The van der Waals surface area contributed by atoms with Crippen molar-refractivity contribution in [3.8, 4) is 0 Å². The maximum Gasteiger partial charge on any atom is 0.0814 e. The van der Waals surface area contributed by atoms with Gasteiger partial charge in [-0.15, -0.1) is 0 Å². The quantitative estimate of drug-likeness (QED) is 0.866. The van der Waals surface area contributed by atoms with Crippen LogP contribution in [0, 0.1) is 19.3 Å². The van der Waals surface area contributed by atoms with E-state index in [1.165, 1.54) is 16.7 Å². The summed E-state index contributed by atoms with van der Waals surface area (Å²) in [7, 11) is 1.81. The number of aryl methyl sites for hydroxylation is 2. The number of likely N-dealkylation sites (N-methyl/N-ethyl adjacent to an activating group) is 1. The van der Waals surface area contributed by atoms with Crippen LogP contribution in [-0.2, 0) is 4.74 Å². The number of hydrogen-bond donors (Lipinski definition) is 1. The number of methoxy groups -OCH3 is 1. The highest BCUT2D eigenvalue weighted by atomic mass is 16.5. The van der Waals surface area contributed by atoms with E-state index in [-0.39, 0.29) is 17.6 Å². The average molecular weight is 263 g/mol. The molecule has 0 radical (unpaired) electrons. The van der Waals surface area contributed by atoms with Crippen molar-refractivity contribution in [1.29, 1.82) is 0 Å². The van der Waals surface area contributed by atoms with Gasteiger partial charge in [0.25, 0.3) is 0 Å². The van der Waals surface area contributed by atoms with Crippen molar-refractivity contribution >= 4 is 0 Å². The molecule has 2 atom stereocenters. The lowest BCUT2D eigenvalue weighted by Gasteiger charge is -2.37. The van der Waals surface area contributed by atoms with Gasteiger partial charge in [0.15, 0.2) is 0 Å². The second kappa shape index (κ2) is 6.53. The minimum atomic E-state index is 0.0961. The van der Waals surface area contributed by atoms with E-state index in [0.29, 0.717) is 0 Å². The molecule has 0 aliphatic carbocycles. The maximum absolute atomic E-state index is 5.81. The summed E-state index contributed by atoms with van der Waals surface area (Å²) in [6.07, 6.45) is 0.147. The molecule has 1 aromatic carbocycles. The first kappa shape index (κ1) is 16.2. The molecule has 0 aliphatic rings. The van der Waals surface area contributed by atoms with Crippen molar-refractivity contribution in [2.45, 2.75) is 53.7 Å². The average Bonchev–Trinajstić information content (AvgIpc) is 2.27. The molecule has 0 saturated heterocycles. The van der Waals surface area contributed by atoms with Gasteiger partial charge in [0.05, 0.1) is 12.1 Å². The fraction of sp³-hybridized carbons (Fsp3) is 0.647. The molecule has 0 heterocycles. The fourth-order valence-electron chi connectivity index (χ4n) is 2.76. The van der Waals surface area contributed by atoms with Gasteiger partial charge < -0.3 is 10.1 Å². The summed E-state index contributed by atoms with van der Waals surface area (Å²) in [6, 6.07) is 6.89. The molecule has 0 saturated carbocycles. The van der Waals surface area contributed by atoms with Gasteiger partial charge in [0.1, 0.15) is 0 Å². The Labute approximate surface area is 118 Å². The first-order valence-electron chi connectivity index (χ1n) is 7.14. The van der Waals surface area contributed by atoms with Gasteiger partial charge in [-0.1, -0.05) is 51.5 Å². The van der Waals surface area contributed by atoms with Gasteiger partial charge in [0.2, 0.25) is 0 Å². The normalized spacial score (nSPS) is 15.3. The summed E-state index contributed by atoms with van der Waals surface area (Å²) in [5.41, 5.74) is 4.08. The lowest BCUT2D eigenvalue weighted by atomic mass is 9.81. The molecule has 0 amide bonds. The molecule has 1 N–H and O–H groups in total. The first-order chi connectivity index (χ1) is 8.81. The van der Waals surface area contributed by atoms with Crippen LogP contribution in [0.25, 0.3) is 0 Å².